The number of nitrogens with zero attached hydrogens (tertiary/aromatic N) is 1. The van der Waals surface area contributed by atoms with Crippen LogP contribution in [0.2, 0.25) is 0 Å². The molecule has 0 heterocycles. The molecule has 0 aliphatic heterocycles. The Hall–Kier alpha value is -1.39. The second kappa shape index (κ2) is 5.98. The van der Waals surface area contributed by atoms with Gasteiger partial charge < -0.3 is 5.73 Å². The topological polar surface area (TPSA) is 75.4 Å². The van der Waals surface area contributed by atoms with E-state index in [0.717, 1.165) is 5.56 Å². The van der Waals surface area contributed by atoms with Crippen LogP contribution in [0.5, 0.6) is 0 Å². The van der Waals surface area contributed by atoms with Crippen LogP contribution in [0.4, 0.5) is 0 Å². The summed E-state index contributed by atoms with van der Waals surface area (Å²) in [6, 6.07) is 5.01. The van der Waals surface area contributed by atoms with Crippen molar-refractivity contribution in [3.8, 4) is 11.8 Å². The minimum absolute atomic E-state index is 0.155. The predicted molar refractivity (Wildman–Crippen MR) is 71.1 cm³/mol. The molecule has 1 aromatic carbocycles. The van der Waals surface area contributed by atoms with Crippen LogP contribution in [0.25, 0.3) is 0 Å². The first kappa shape index (κ1) is 14.7. The van der Waals surface area contributed by atoms with Crippen LogP contribution in [-0.4, -0.2) is 34.1 Å². The number of hydrogen-bond donors (Lipinski definition) is 2. The van der Waals surface area contributed by atoms with Crippen LogP contribution in [0, 0.1) is 18.8 Å². The van der Waals surface area contributed by atoms with Gasteiger partial charge in [-0.3, -0.25) is 0 Å². The summed E-state index contributed by atoms with van der Waals surface area (Å²) in [7, 11) is -0.389. The normalized spacial score (nSPS) is 11.2. The van der Waals surface area contributed by atoms with Gasteiger partial charge in [-0.1, -0.05) is 17.9 Å². The second-order valence-corrected chi connectivity index (χ2v) is 5.62. The molecule has 0 bridgehead atoms. The van der Waals surface area contributed by atoms with Gasteiger partial charge in [-0.05, 0) is 24.6 Å². The standard InChI is InChI=1S/C12H17N3O2S/c1-10-6-7-12(11(9-10)5-4-8-13)18(16,17)14-15(2)3/h6-7,9,14H,8,13H2,1-3H3. The molecule has 0 saturated carbocycles. The third kappa shape index (κ3) is 3.82. The van der Waals surface area contributed by atoms with E-state index in [2.05, 4.69) is 16.7 Å². The van der Waals surface area contributed by atoms with Crippen molar-refractivity contribution < 1.29 is 8.42 Å². The lowest BCUT2D eigenvalue weighted by Gasteiger charge is -2.13. The van der Waals surface area contributed by atoms with Crippen molar-refractivity contribution in [1.29, 1.82) is 0 Å². The molecule has 0 aromatic heterocycles. The minimum atomic E-state index is -3.60. The summed E-state index contributed by atoms with van der Waals surface area (Å²) in [6.07, 6.45) is 0. The molecule has 5 nitrogen and oxygen atoms in total. The van der Waals surface area contributed by atoms with E-state index in [0.29, 0.717) is 5.56 Å². The maximum atomic E-state index is 12.1. The zero-order valence-electron chi connectivity index (χ0n) is 10.7. The highest BCUT2D eigenvalue weighted by Gasteiger charge is 2.18. The zero-order valence-corrected chi connectivity index (χ0v) is 11.5. The molecule has 0 unspecified atom stereocenters. The molecule has 98 valence electrons. The summed E-state index contributed by atoms with van der Waals surface area (Å²) in [5, 5.41) is 1.37. The Balaban J connectivity index is 3.32. The quantitative estimate of drug-likeness (QED) is 0.600. The van der Waals surface area contributed by atoms with Crippen molar-refractivity contribution in [3.05, 3.63) is 29.3 Å². The molecule has 0 atom stereocenters. The number of nitrogens with one attached hydrogen (secondary N) is 1. The molecular formula is C12H17N3O2S. The van der Waals surface area contributed by atoms with Gasteiger partial charge in [0.1, 0.15) is 0 Å². The van der Waals surface area contributed by atoms with Crippen molar-refractivity contribution >= 4 is 10.0 Å². The number of benzene rings is 1. The van der Waals surface area contributed by atoms with Crippen molar-refractivity contribution in [1.82, 2.24) is 9.84 Å². The maximum absolute atomic E-state index is 12.1. The van der Waals surface area contributed by atoms with Gasteiger partial charge in [0.15, 0.2) is 0 Å². The highest BCUT2D eigenvalue weighted by molar-refractivity contribution is 7.89. The van der Waals surface area contributed by atoms with E-state index in [4.69, 9.17) is 5.73 Å². The van der Waals surface area contributed by atoms with E-state index in [9.17, 15) is 8.42 Å². The largest absolute Gasteiger partial charge is 0.320 e. The van der Waals surface area contributed by atoms with E-state index >= 15 is 0 Å². The molecule has 0 amide bonds. The number of hydrogen-bond acceptors (Lipinski definition) is 4. The highest BCUT2D eigenvalue weighted by atomic mass is 32.2. The van der Waals surface area contributed by atoms with Crippen LogP contribution >= 0.6 is 0 Å². The van der Waals surface area contributed by atoms with Crippen LogP contribution in [0.3, 0.4) is 0 Å². The Bertz CT molecular complexity index is 583. The Morgan fingerprint density at radius 1 is 1.39 bits per heavy atom. The van der Waals surface area contributed by atoms with Gasteiger partial charge in [0.2, 0.25) is 0 Å². The van der Waals surface area contributed by atoms with Crippen molar-refractivity contribution in [2.45, 2.75) is 11.8 Å². The molecule has 1 rings (SSSR count). The van der Waals surface area contributed by atoms with Crippen LogP contribution in [0.1, 0.15) is 11.1 Å². The highest BCUT2D eigenvalue weighted by Crippen LogP contribution is 2.16. The van der Waals surface area contributed by atoms with E-state index in [1.165, 1.54) is 5.01 Å². The monoisotopic (exact) mass is 267 g/mol. The van der Waals surface area contributed by atoms with Crippen molar-refractivity contribution in [3.63, 3.8) is 0 Å². The third-order valence-corrected chi connectivity index (χ3v) is 3.59. The summed E-state index contributed by atoms with van der Waals surface area (Å²) in [5.74, 6) is 5.45. The average Bonchev–Trinajstić information content (AvgIpc) is 2.24. The Kier molecular flexibility index (Phi) is 4.87. The second-order valence-electron chi connectivity index (χ2n) is 3.99. The fourth-order valence-corrected chi connectivity index (χ4v) is 2.64. The molecule has 0 radical (unpaired) electrons. The van der Waals surface area contributed by atoms with Gasteiger partial charge in [-0.15, -0.1) is 4.83 Å². The van der Waals surface area contributed by atoms with Gasteiger partial charge in [-0.25, -0.2) is 13.4 Å². The first-order chi connectivity index (χ1) is 8.36. The van der Waals surface area contributed by atoms with Gasteiger partial charge >= 0.3 is 0 Å². The van der Waals surface area contributed by atoms with Crippen LogP contribution in [-0.2, 0) is 10.0 Å². The Morgan fingerprint density at radius 2 is 2.06 bits per heavy atom. The van der Waals surface area contributed by atoms with Gasteiger partial charge in [0, 0.05) is 19.7 Å². The summed E-state index contributed by atoms with van der Waals surface area (Å²) in [4.78, 5) is 2.53. The predicted octanol–water partition coefficient (Wildman–Crippen LogP) is 0.0601. The van der Waals surface area contributed by atoms with Crippen molar-refractivity contribution in [2.24, 2.45) is 5.73 Å². The van der Waals surface area contributed by atoms with E-state index < -0.39 is 10.0 Å². The molecule has 1 aromatic rings. The number of aryl methyl sites for hydroxylation is 1. The van der Waals surface area contributed by atoms with E-state index in [1.807, 2.05) is 6.92 Å². The van der Waals surface area contributed by atoms with Crippen molar-refractivity contribution in [2.75, 3.05) is 20.6 Å². The molecule has 18 heavy (non-hydrogen) atoms. The molecule has 0 saturated heterocycles. The molecule has 0 aliphatic rings. The number of rotatable bonds is 3. The minimum Gasteiger partial charge on any atom is -0.320 e. The molecule has 0 fully saturated rings. The summed E-state index contributed by atoms with van der Waals surface area (Å²) >= 11 is 0. The number of sulfonamides is 1. The number of hydrazine groups is 1. The molecule has 0 aliphatic carbocycles. The van der Waals surface area contributed by atoms with E-state index in [1.54, 1.807) is 32.3 Å². The molecule has 6 heteroatoms. The number of nitrogens with two attached hydrogens (primary N) is 1. The fourth-order valence-electron chi connectivity index (χ4n) is 1.41. The lowest BCUT2D eigenvalue weighted by Crippen LogP contribution is -2.36. The first-order valence-electron chi connectivity index (χ1n) is 5.36. The lowest BCUT2D eigenvalue weighted by molar-refractivity contribution is 0.364. The summed E-state index contributed by atoms with van der Waals surface area (Å²) in [6.45, 7) is 2.07. The first-order valence-corrected chi connectivity index (χ1v) is 6.84. The molecule has 3 N–H and O–H groups in total. The smallest absolute Gasteiger partial charge is 0.254 e. The maximum Gasteiger partial charge on any atom is 0.254 e. The molecular weight excluding hydrogens is 250 g/mol. The summed E-state index contributed by atoms with van der Waals surface area (Å²) in [5.41, 5.74) is 6.71. The Labute approximate surface area is 108 Å². The van der Waals surface area contributed by atoms with E-state index in [-0.39, 0.29) is 11.4 Å². The van der Waals surface area contributed by atoms with Gasteiger partial charge in [0.05, 0.1) is 11.4 Å². The summed E-state index contributed by atoms with van der Waals surface area (Å²) < 4.78 is 24.2. The molecule has 0 spiro atoms. The van der Waals surface area contributed by atoms with Crippen LogP contribution in [0.15, 0.2) is 23.1 Å². The SMILES string of the molecule is Cc1ccc(S(=O)(=O)NN(C)C)c(C#CCN)c1. The van der Waals surface area contributed by atoms with Gasteiger partial charge in [0.25, 0.3) is 10.0 Å². The lowest BCUT2D eigenvalue weighted by atomic mass is 10.1. The van der Waals surface area contributed by atoms with Gasteiger partial charge in [-0.2, -0.15) is 0 Å². The fraction of sp³-hybridized carbons (Fsp3) is 0.333. The zero-order chi connectivity index (χ0) is 13.8. The average molecular weight is 267 g/mol. The van der Waals surface area contributed by atoms with Crippen LogP contribution < -0.4 is 10.6 Å². The Morgan fingerprint density at radius 3 is 2.61 bits per heavy atom. The third-order valence-electron chi connectivity index (χ3n) is 2.05.